The molecule has 11 heteroatoms. The molecule has 1 atom stereocenters. The van der Waals surface area contributed by atoms with E-state index in [4.69, 9.17) is 27.2 Å². The molecule has 170 valence electrons. The van der Waals surface area contributed by atoms with E-state index in [1.165, 1.54) is 7.05 Å². The lowest BCUT2D eigenvalue weighted by molar-refractivity contribution is -0.143. The summed E-state index contributed by atoms with van der Waals surface area (Å²) < 4.78 is 39.4. The summed E-state index contributed by atoms with van der Waals surface area (Å²) in [7, 11) is 1.18. The van der Waals surface area contributed by atoms with Crippen LogP contribution in [0.1, 0.15) is 34.6 Å². The highest BCUT2D eigenvalue weighted by Gasteiger charge is 2.36. The van der Waals surface area contributed by atoms with E-state index in [0.717, 1.165) is 11.6 Å². The molecule has 3 N–H and O–H groups in total. The highest BCUT2D eigenvalue weighted by Crippen LogP contribution is 2.30. The van der Waals surface area contributed by atoms with Crippen LogP contribution in [0, 0.1) is 5.92 Å². The maximum Gasteiger partial charge on any atom is 0.433 e. The Balaban J connectivity index is 0.00000107. The number of carbonyl (C=O) groups is 2. The van der Waals surface area contributed by atoms with Crippen molar-refractivity contribution in [1.29, 1.82) is 0 Å². The van der Waals surface area contributed by atoms with Crippen molar-refractivity contribution in [3.8, 4) is 0 Å². The number of likely N-dealkylation sites (tertiary alicyclic amines) is 1. The van der Waals surface area contributed by atoms with E-state index in [9.17, 15) is 18.0 Å². The summed E-state index contributed by atoms with van der Waals surface area (Å²) in [4.78, 5) is 22.4. The van der Waals surface area contributed by atoms with E-state index in [-0.39, 0.29) is 24.1 Å². The molecule has 31 heavy (non-hydrogen) atoms. The van der Waals surface area contributed by atoms with Crippen LogP contribution in [0.2, 0.25) is 5.02 Å². The number of halogens is 4. The van der Waals surface area contributed by atoms with Gasteiger partial charge in [-0.25, -0.2) is 0 Å². The first-order valence-electron chi connectivity index (χ1n) is 9.55. The minimum Gasteiger partial charge on any atom is -0.483 e. The topological polar surface area (TPSA) is 101 Å². The number of aromatic nitrogens is 2. The van der Waals surface area contributed by atoms with Gasteiger partial charge in [0.25, 0.3) is 12.4 Å². The monoisotopic (exact) mass is 460 g/mol. The van der Waals surface area contributed by atoms with Crippen molar-refractivity contribution >= 4 is 24.0 Å². The lowest BCUT2D eigenvalue weighted by atomic mass is 9.86. The summed E-state index contributed by atoms with van der Waals surface area (Å²) in [6.07, 6.45) is -2.45. The molecule has 1 aliphatic rings. The zero-order valence-corrected chi connectivity index (χ0v) is 17.6. The fraction of sp³-hybridized carbons (Fsp3) is 0.450. The van der Waals surface area contributed by atoms with Gasteiger partial charge in [-0.05, 0) is 42.9 Å². The zero-order chi connectivity index (χ0) is 23.2. The Morgan fingerprint density at radius 3 is 2.48 bits per heavy atom. The molecular weight excluding hydrogens is 437 g/mol. The second-order valence-electron chi connectivity index (χ2n) is 7.27. The maximum absolute atomic E-state index is 12.9. The minimum absolute atomic E-state index is 0.0672. The average Bonchev–Trinajstić information content (AvgIpc) is 3.10. The van der Waals surface area contributed by atoms with Crippen LogP contribution in [0.15, 0.2) is 30.3 Å². The number of aryl methyl sites for hydroxylation is 1. The third kappa shape index (κ3) is 6.70. The van der Waals surface area contributed by atoms with Crippen LogP contribution in [0.25, 0.3) is 0 Å². The molecule has 7 nitrogen and oxygen atoms in total. The summed E-state index contributed by atoms with van der Waals surface area (Å²) in [5.41, 5.74) is 6.29. The summed E-state index contributed by atoms with van der Waals surface area (Å²) in [6.45, 7) is 0.648. The smallest absolute Gasteiger partial charge is 0.433 e. The van der Waals surface area contributed by atoms with Gasteiger partial charge in [0.15, 0.2) is 5.69 Å². The van der Waals surface area contributed by atoms with Gasteiger partial charge in [0.2, 0.25) is 0 Å². The highest BCUT2D eigenvalue weighted by molar-refractivity contribution is 6.30. The second-order valence-corrected chi connectivity index (χ2v) is 7.71. The number of benzene rings is 1. The second kappa shape index (κ2) is 10.6. The lowest BCUT2D eigenvalue weighted by Crippen LogP contribution is -2.44. The minimum atomic E-state index is -4.54. The summed E-state index contributed by atoms with van der Waals surface area (Å²) in [6, 6.07) is 8.29. The number of piperidine rings is 1. The van der Waals surface area contributed by atoms with Gasteiger partial charge in [-0.3, -0.25) is 14.3 Å². The predicted octanol–water partition coefficient (Wildman–Crippen LogP) is 3.22. The first kappa shape index (κ1) is 24.7. The molecule has 1 fully saturated rings. The van der Waals surface area contributed by atoms with Crippen molar-refractivity contribution in [3.05, 3.63) is 52.3 Å². The van der Waals surface area contributed by atoms with Crippen molar-refractivity contribution in [3.63, 3.8) is 0 Å². The van der Waals surface area contributed by atoms with Crippen LogP contribution in [0.4, 0.5) is 13.2 Å². The standard InChI is InChI=1S/C19H22ClF3N4O.CH2O2/c1-26-17(19(21,22)23)11-16(25-26)18(28)27-7-5-13(6-8-27)15(24)10-12-3-2-4-14(20)9-12;2-1-3/h2-4,9,11,13,15H,5-8,10,24H2,1H3;1H,(H,2,3). The fourth-order valence-corrected chi connectivity index (χ4v) is 3.85. The van der Waals surface area contributed by atoms with Crippen molar-refractivity contribution in [2.45, 2.75) is 31.5 Å². The van der Waals surface area contributed by atoms with Crippen molar-refractivity contribution in [2.75, 3.05) is 13.1 Å². The lowest BCUT2D eigenvalue weighted by Gasteiger charge is -2.34. The van der Waals surface area contributed by atoms with Crippen LogP contribution in [-0.4, -0.2) is 51.3 Å². The van der Waals surface area contributed by atoms with Crippen LogP contribution >= 0.6 is 11.6 Å². The molecule has 1 unspecified atom stereocenters. The molecule has 1 aromatic heterocycles. The maximum atomic E-state index is 12.9. The van der Waals surface area contributed by atoms with E-state index in [0.29, 0.717) is 42.1 Å². The van der Waals surface area contributed by atoms with E-state index < -0.39 is 17.8 Å². The zero-order valence-electron chi connectivity index (χ0n) is 16.8. The molecule has 1 aromatic carbocycles. The average molecular weight is 461 g/mol. The molecule has 1 amide bonds. The third-order valence-electron chi connectivity index (χ3n) is 5.18. The quantitative estimate of drug-likeness (QED) is 0.682. The molecule has 3 rings (SSSR count). The van der Waals surface area contributed by atoms with E-state index in [1.807, 2.05) is 24.3 Å². The van der Waals surface area contributed by atoms with Crippen LogP contribution in [-0.2, 0) is 24.4 Å². The number of hydrogen-bond acceptors (Lipinski definition) is 4. The van der Waals surface area contributed by atoms with E-state index >= 15 is 0 Å². The normalized spacial score (nSPS) is 15.7. The number of amides is 1. The molecule has 0 bridgehead atoms. The number of alkyl halides is 3. The summed E-state index contributed by atoms with van der Waals surface area (Å²) in [5.74, 6) is -0.245. The van der Waals surface area contributed by atoms with E-state index in [1.54, 1.807) is 4.90 Å². The van der Waals surface area contributed by atoms with Gasteiger partial charge < -0.3 is 15.7 Å². The number of hydrogen-bond donors (Lipinski definition) is 2. The summed E-state index contributed by atoms with van der Waals surface area (Å²) in [5, 5.41) is 11.3. The predicted molar refractivity (Wildman–Crippen MR) is 109 cm³/mol. The first-order valence-corrected chi connectivity index (χ1v) is 9.93. The highest BCUT2D eigenvalue weighted by atomic mass is 35.5. The van der Waals surface area contributed by atoms with Gasteiger partial charge in [-0.1, -0.05) is 23.7 Å². The van der Waals surface area contributed by atoms with Gasteiger partial charge >= 0.3 is 6.18 Å². The van der Waals surface area contributed by atoms with Crippen LogP contribution in [0.3, 0.4) is 0 Å². The molecule has 0 aliphatic carbocycles. The summed E-state index contributed by atoms with van der Waals surface area (Å²) >= 11 is 6.00. The van der Waals surface area contributed by atoms with Gasteiger partial charge in [-0.2, -0.15) is 18.3 Å². The van der Waals surface area contributed by atoms with Crippen LogP contribution in [0.5, 0.6) is 0 Å². The number of carbonyl (C=O) groups excluding carboxylic acids is 1. The largest absolute Gasteiger partial charge is 0.483 e. The first-order chi connectivity index (χ1) is 14.6. The third-order valence-corrected chi connectivity index (χ3v) is 5.42. The molecule has 1 aliphatic heterocycles. The molecule has 2 heterocycles. The van der Waals surface area contributed by atoms with E-state index in [2.05, 4.69) is 5.10 Å². The molecular formula is C20H24ClF3N4O3. The molecule has 0 spiro atoms. The van der Waals surface area contributed by atoms with Gasteiger partial charge in [0, 0.05) is 37.3 Å². The number of nitrogens with two attached hydrogens (primary N) is 1. The Morgan fingerprint density at radius 2 is 1.97 bits per heavy atom. The van der Waals surface area contributed by atoms with Crippen molar-refractivity contribution < 1.29 is 27.9 Å². The van der Waals surface area contributed by atoms with Crippen molar-refractivity contribution in [1.82, 2.24) is 14.7 Å². The number of rotatable bonds is 4. The SMILES string of the molecule is Cn1nc(C(=O)N2CCC(C(N)Cc3cccc(Cl)c3)CC2)cc1C(F)(F)F.O=CO. The Morgan fingerprint density at radius 1 is 1.35 bits per heavy atom. The fourth-order valence-electron chi connectivity index (χ4n) is 3.63. The van der Waals surface area contributed by atoms with Gasteiger partial charge in [-0.15, -0.1) is 0 Å². The number of nitrogens with zero attached hydrogens (tertiary/aromatic N) is 3. The Kier molecular flexibility index (Phi) is 8.46. The molecule has 0 saturated carbocycles. The van der Waals surface area contributed by atoms with Crippen molar-refractivity contribution in [2.24, 2.45) is 18.7 Å². The van der Waals surface area contributed by atoms with Crippen LogP contribution < -0.4 is 5.73 Å². The molecule has 0 radical (unpaired) electrons. The Labute approximate surface area is 182 Å². The Hall–Kier alpha value is -2.59. The van der Waals surface area contributed by atoms with Gasteiger partial charge in [0.1, 0.15) is 5.69 Å². The molecule has 2 aromatic rings. The number of carboxylic acid groups (broad SMARTS) is 1. The Bertz CT molecular complexity index is 896. The molecule has 1 saturated heterocycles. The van der Waals surface area contributed by atoms with Gasteiger partial charge in [0.05, 0.1) is 0 Å².